The third kappa shape index (κ3) is 2.83. The minimum absolute atomic E-state index is 0.0294. The number of nitro groups is 1. The zero-order chi connectivity index (χ0) is 14.7. The predicted molar refractivity (Wildman–Crippen MR) is 69.4 cm³/mol. The summed E-state index contributed by atoms with van der Waals surface area (Å²) in [5, 5.41) is 19.8. The lowest BCUT2D eigenvalue weighted by Crippen LogP contribution is -1.99. The first-order valence-electron chi connectivity index (χ1n) is 5.29. The van der Waals surface area contributed by atoms with E-state index in [1.54, 1.807) is 0 Å². The zero-order valence-electron chi connectivity index (χ0n) is 9.82. The Hall–Kier alpha value is -2.67. The molecule has 0 bridgehead atoms. The number of hydrogen-bond acceptors (Lipinski definition) is 5. The Morgan fingerprint density at radius 2 is 2.15 bits per heavy atom. The second kappa shape index (κ2) is 5.54. The van der Waals surface area contributed by atoms with Crippen LogP contribution in [0.2, 0.25) is 5.02 Å². The largest absolute Gasteiger partial charge is 0.478 e. The fourth-order valence-corrected chi connectivity index (χ4v) is 1.65. The van der Waals surface area contributed by atoms with Crippen LogP contribution in [-0.2, 0) is 0 Å². The average Bonchev–Trinajstić information content (AvgIpc) is 2.41. The predicted octanol–water partition coefficient (Wildman–Crippen LogP) is 3.13. The number of carboxylic acid groups (broad SMARTS) is 1. The summed E-state index contributed by atoms with van der Waals surface area (Å²) in [6, 6.07) is 6.48. The second-order valence-corrected chi connectivity index (χ2v) is 4.04. The highest BCUT2D eigenvalue weighted by atomic mass is 35.5. The molecule has 2 rings (SSSR count). The van der Waals surface area contributed by atoms with Crippen LogP contribution < -0.4 is 4.74 Å². The number of para-hydroxylation sites is 1. The van der Waals surface area contributed by atoms with Crippen molar-refractivity contribution in [1.29, 1.82) is 0 Å². The molecule has 8 heteroatoms. The number of carboxylic acids is 1. The van der Waals surface area contributed by atoms with Crippen LogP contribution >= 0.6 is 11.6 Å². The molecule has 1 aromatic carbocycles. The van der Waals surface area contributed by atoms with Crippen LogP contribution in [0, 0.1) is 10.1 Å². The van der Waals surface area contributed by atoms with Crippen molar-refractivity contribution in [2.75, 3.05) is 0 Å². The van der Waals surface area contributed by atoms with Gasteiger partial charge in [-0.3, -0.25) is 10.1 Å². The van der Waals surface area contributed by atoms with Crippen molar-refractivity contribution in [3.8, 4) is 11.6 Å². The van der Waals surface area contributed by atoms with E-state index in [0.717, 1.165) is 6.07 Å². The number of nitrogens with zero attached hydrogens (tertiary/aromatic N) is 2. The number of nitro benzene ring substituents is 1. The number of aromatic carboxylic acids is 1. The molecule has 0 unspecified atom stereocenters. The number of halogens is 1. The van der Waals surface area contributed by atoms with E-state index in [2.05, 4.69) is 4.98 Å². The van der Waals surface area contributed by atoms with Crippen LogP contribution in [0.3, 0.4) is 0 Å². The molecule has 0 aliphatic rings. The van der Waals surface area contributed by atoms with E-state index >= 15 is 0 Å². The smallest absolute Gasteiger partial charge is 0.335 e. The fraction of sp³-hybridized carbons (Fsp3) is 0. The van der Waals surface area contributed by atoms with Crippen LogP contribution in [0.15, 0.2) is 36.5 Å². The van der Waals surface area contributed by atoms with Crippen LogP contribution in [0.25, 0.3) is 0 Å². The molecule has 0 atom stereocenters. The van der Waals surface area contributed by atoms with Crippen molar-refractivity contribution >= 4 is 23.3 Å². The third-order valence-corrected chi connectivity index (χ3v) is 2.63. The first-order chi connectivity index (χ1) is 9.49. The lowest BCUT2D eigenvalue weighted by atomic mass is 10.2. The number of benzene rings is 1. The van der Waals surface area contributed by atoms with Gasteiger partial charge in [0.15, 0.2) is 0 Å². The molecular weight excluding hydrogens is 288 g/mol. The number of hydrogen-bond donors (Lipinski definition) is 1. The molecule has 0 saturated heterocycles. The van der Waals surface area contributed by atoms with Gasteiger partial charge in [0, 0.05) is 18.3 Å². The van der Waals surface area contributed by atoms with E-state index < -0.39 is 10.9 Å². The van der Waals surface area contributed by atoms with Crippen molar-refractivity contribution < 1.29 is 19.6 Å². The summed E-state index contributed by atoms with van der Waals surface area (Å²) in [6.45, 7) is 0. The van der Waals surface area contributed by atoms with Gasteiger partial charge >= 0.3 is 11.7 Å². The highest BCUT2D eigenvalue weighted by Crippen LogP contribution is 2.37. The van der Waals surface area contributed by atoms with Gasteiger partial charge in [-0.1, -0.05) is 17.7 Å². The fourth-order valence-electron chi connectivity index (χ4n) is 1.45. The van der Waals surface area contributed by atoms with Gasteiger partial charge in [0.25, 0.3) is 0 Å². The molecule has 0 aliphatic heterocycles. The third-order valence-electron chi connectivity index (χ3n) is 2.33. The van der Waals surface area contributed by atoms with Crippen LogP contribution in [0.5, 0.6) is 11.6 Å². The maximum Gasteiger partial charge on any atom is 0.335 e. The molecule has 1 heterocycles. The number of ether oxygens (including phenoxy) is 1. The standard InChI is InChI=1S/C12H7ClN2O5/c13-8-2-1-3-9(15(18)19)11(8)20-10-6-7(12(16)17)4-5-14-10/h1-6H,(H,16,17). The van der Waals surface area contributed by atoms with E-state index in [1.165, 1.54) is 30.5 Å². The van der Waals surface area contributed by atoms with Crippen LogP contribution in [-0.4, -0.2) is 21.0 Å². The first-order valence-corrected chi connectivity index (χ1v) is 5.67. The van der Waals surface area contributed by atoms with Crippen molar-refractivity contribution in [3.63, 3.8) is 0 Å². The number of rotatable bonds is 4. The molecule has 0 radical (unpaired) electrons. The van der Waals surface area contributed by atoms with E-state index in [9.17, 15) is 14.9 Å². The molecule has 0 saturated carbocycles. The maximum absolute atomic E-state index is 10.9. The Balaban J connectivity index is 2.42. The average molecular weight is 295 g/mol. The lowest BCUT2D eigenvalue weighted by Gasteiger charge is -2.07. The van der Waals surface area contributed by atoms with Crippen molar-refractivity contribution in [2.45, 2.75) is 0 Å². The van der Waals surface area contributed by atoms with Gasteiger partial charge < -0.3 is 9.84 Å². The Morgan fingerprint density at radius 3 is 2.80 bits per heavy atom. The zero-order valence-corrected chi connectivity index (χ0v) is 10.6. The van der Waals surface area contributed by atoms with Crippen LogP contribution in [0.1, 0.15) is 10.4 Å². The number of pyridine rings is 1. The van der Waals surface area contributed by atoms with E-state index in [4.69, 9.17) is 21.4 Å². The molecule has 20 heavy (non-hydrogen) atoms. The molecular formula is C12H7ClN2O5. The molecule has 7 nitrogen and oxygen atoms in total. The summed E-state index contributed by atoms with van der Waals surface area (Å²) < 4.78 is 5.24. The summed E-state index contributed by atoms with van der Waals surface area (Å²) >= 11 is 5.85. The molecule has 1 N–H and O–H groups in total. The Morgan fingerprint density at radius 1 is 1.40 bits per heavy atom. The van der Waals surface area contributed by atoms with Gasteiger partial charge in [-0.15, -0.1) is 0 Å². The van der Waals surface area contributed by atoms with E-state index in [1.807, 2.05) is 0 Å². The molecule has 0 spiro atoms. The van der Waals surface area contributed by atoms with Gasteiger partial charge in [0.2, 0.25) is 11.6 Å². The van der Waals surface area contributed by atoms with Gasteiger partial charge in [-0.05, 0) is 12.1 Å². The van der Waals surface area contributed by atoms with Gasteiger partial charge in [-0.25, -0.2) is 9.78 Å². The summed E-state index contributed by atoms with van der Waals surface area (Å²) in [5.41, 5.74) is -0.385. The highest BCUT2D eigenvalue weighted by Gasteiger charge is 2.19. The van der Waals surface area contributed by atoms with Gasteiger partial charge in [0.05, 0.1) is 15.5 Å². The SMILES string of the molecule is O=C(O)c1ccnc(Oc2c(Cl)cccc2[N+](=O)[O-])c1. The topological polar surface area (TPSA) is 103 Å². The molecule has 1 aromatic heterocycles. The van der Waals surface area contributed by atoms with Gasteiger partial charge in [-0.2, -0.15) is 0 Å². The Bertz CT molecular complexity index is 689. The summed E-state index contributed by atoms with van der Waals surface area (Å²) in [5.74, 6) is -1.44. The van der Waals surface area contributed by atoms with Crippen molar-refractivity contribution in [3.05, 3.63) is 57.2 Å². The highest BCUT2D eigenvalue weighted by molar-refractivity contribution is 6.32. The van der Waals surface area contributed by atoms with Crippen molar-refractivity contribution in [2.24, 2.45) is 0 Å². The van der Waals surface area contributed by atoms with E-state index in [-0.39, 0.29) is 27.9 Å². The Labute approximate surface area is 117 Å². The quantitative estimate of drug-likeness (QED) is 0.686. The monoisotopic (exact) mass is 294 g/mol. The van der Waals surface area contributed by atoms with Crippen molar-refractivity contribution in [1.82, 2.24) is 4.98 Å². The normalized spacial score (nSPS) is 10.1. The summed E-state index contributed by atoms with van der Waals surface area (Å²) in [4.78, 5) is 24.9. The molecule has 102 valence electrons. The lowest BCUT2D eigenvalue weighted by molar-refractivity contribution is -0.385. The molecule has 0 aliphatic carbocycles. The summed E-state index contributed by atoms with van der Waals surface area (Å²) in [6.07, 6.45) is 1.22. The minimum Gasteiger partial charge on any atom is -0.478 e. The first kappa shape index (κ1) is 13.8. The summed E-state index contributed by atoms with van der Waals surface area (Å²) in [7, 11) is 0. The Kier molecular flexibility index (Phi) is 3.81. The molecule has 2 aromatic rings. The number of carbonyl (C=O) groups is 1. The minimum atomic E-state index is -1.16. The van der Waals surface area contributed by atoms with Crippen LogP contribution in [0.4, 0.5) is 5.69 Å². The van der Waals surface area contributed by atoms with E-state index in [0.29, 0.717) is 0 Å². The second-order valence-electron chi connectivity index (χ2n) is 3.64. The molecule has 0 amide bonds. The number of aromatic nitrogens is 1. The molecule has 0 fully saturated rings. The maximum atomic E-state index is 10.9. The van der Waals surface area contributed by atoms with Gasteiger partial charge in [0.1, 0.15) is 0 Å².